The van der Waals surface area contributed by atoms with Gasteiger partial charge in [-0.25, -0.2) is 5.01 Å². The van der Waals surface area contributed by atoms with Gasteiger partial charge in [0.1, 0.15) is 0 Å². The van der Waals surface area contributed by atoms with Gasteiger partial charge in [0.05, 0.1) is 0 Å². The van der Waals surface area contributed by atoms with Gasteiger partial charge >= 0.3 is 0 Å². The molecule has 0 aromatic heterocycles. The first-order chi connectivity index (χ1) is 3.80. The molecule has 1 heterocycles. The molecule has 0 unspecified atom stereocenters. The quantitative estimate of drug-likeness (QED) is 0.438. The van der Waals surface area contributed by atoms with Crippen LogP contribution in [0.15, 0.2) is 12.4 Å². The van der Waals surface area contributed by atoms with Gasteiger partial charge in [-0.05, 0) is 0 Å². The molecule has 1 aliphatic heterocycles. The Labute approximate surface area is 47.1 Å². The van der Waals surface area contributed by atoms with E-state index in [2.05, 4.69) is 11.0 Å². The molecule has 0 saturated heterocycles. The SMILES string of the molecule is CC(=O)N1C=CNN1. The van der Waals surface area contributed by atoms with E-state index in [1.807, 2.05) is 0 Å². The first-order valence-corrected chi connectivity index (χ1v) is 2.28. The van der Waals surface area contributed by atoms with E-state index in [1.165, 1.54) is 11.9 Å². The maximum atomic E-state index is 10.4. The third-order valence-corrected chi connectivity index (χ3v) is 0.831. The molecule has 0 atom stereocenters. The van der Waals surface area contributed by atoms with E-state index in [9.17, 15) is 4.79 Å². The highest BCUT2D eigenvalue weighted by Gasteiger charge is 2.04. The van der Waals surface area contributed by atoms with Gasteiger partial charge in [0.2, 0.25) is 5.91 Å². The standard InChI is InChI=1S/C4H7N3O/c1-4(8)7-3-2-5-6-7/h2-3,5-6H,1H3. The summed E-state index contributed by atoms with van der Waals surface area (Å²) in [5.41, 5.74) is 5.21. The number of hydrogen-bond donors (Lipinski definition) is 2. The summed E-state index contributed by atoms with van der Waals surface area (Å²) >= 11 is 0. The van der Waals surface area contributed by atoms with Crippen LogP contribution < -0.4 is 11.0 Å². The van der Waals surface area contributed by atoms with E-state index >= 15 is 0 Å². The predicted molar refractivity (Wildman–Crippen MR) is 27.9 cm³/mol. The smallest absolute Gasteiger partial charge is 0.239 e. The number of carbonyl (C=O) groups excluding carboxylic acids is 1. The lowest BCUT2D eigenvalue weighted by Crippen LogP contribution is -2.38. The first kappa shape index (κ1) is 5.11. The molecule has 0 aromatic rings. The average molecular weight is 113 g/mol. The van der Waals surface area contributed by atoms with E-state index in [-0.39, 0.29) is 5.91 Å². The van der Waals surface area contributed by atoms with Crippen LogP contribution in [0.2, 0.25) is 0 Å². The minimum atomic E-state index is -0.0359. The molecule has 0 spiro atoms. The Morgan fingerprint density at radius 3 is 2.75 bits per heavy atom. The lowest BCUT2D eigenvalue weighted by Gasteiger charge is -2.08. The van der Waals surface area contributed by atoms with Crippen LogP contribution in [0.25, 0.3) is 0 Å². The van der Waals surface area contributed by atoms with Crippen molar-refractivity contribution in [2.75, 3.05) is 0 Å². The summed E-state index contributed by atoms with van der Waals surface area (Å²) in [6.07, 6.45) is 3.25. The van der Waals surface area contributed by atoms with Crippen molar-refractivity contribution in [3.8, 4) is 0 Å². The fourth-order valence-electron chi connectivity index (χ4n) is 0.440. The van der Waals surface area contributed by atoms with Gasteiger partial charge in [-0.2, -0.15) is 0 Å². The molecule has 4 nitrogen and oxygen atoms in total. The van der Waals surface area contributed by atoms with Crippen molar-refractivity contribution in [2.45, 2.75) is 6.92 Å². The fourth-order valence-corrected chi connectivity index (χ4v) is 0.440. The summed E-state index contributed by atoms with van der Waals surface area (Å²) in [6.45, 7) is 1.48. The van der Waals surface area contributed by atoms with E-state index in [0.29, 0.717) is 0 Å². The van der Waals surface area contributed by atoms with Gasteiger partial charge in [0, 0.05) is 19.3 Å². The molecule has 8 heavy (non-hydrogen) atoms. The summed E-state index contributed by atoms with van der Waals surface area (Å²) < 4.78 is 0. The molecule has 0 aromatic carbocycles. The van der Waals surface area contributed by atoms with Crippen LogP contribution >= 0.6 is 0 Å². The van der Waals surface area contributed by atoms with Gasteiger partial charge in [0.15, 0.2) is 0 Å². The number of carbonyl (C=O) groups is 1. The minimum Gasteiger partial charge on any atom is -0.309 e. The highest BCUT2D eigenvalue weighted by Crippen LogP contribution is 1.86. The Bertz CT molecular complexity index is 131. The van der Waals surface area contributed by atoms with Crippen molar-refractivity contribution < 1.29 is 4.79 Å². The Balaban J connectivity index is 2.48. The maximum absolute atomic E-state index is 10.4. The maximum Gasteiger partial charge on any atom is 0.239 e. The lowest BCUT2D eigenvalue weighted by molar-refractivity contribution is -0.128. The van der Waals surface area contributed by atoms with E-state index in [4.69, 9.17) is 0 Å². The summed E-state index contributed by atoms with van der Waals surface area (Å²) in [6, 6.07) is 0. The van der Waals surface area contributed by atoms with Gasteiger partial charge in [0.25, 0.3) is 0 Å². The molecule has 44 valence electrons. The van der Waals surface area contributed by atoms with E-state index in [1.54, 1.807) is 12.4 Å². The van der Waals surface area contributed by atoms with Crippen molar-refractivity contribution >= 4 is 5.91 Å². The average Bonchev–Trinajstić information content (AvgIpc) is 2.12. The van der Waals surface area contributed by atoms with Gasteiger partial charge in [-0.1, -0.05) is 0 Å². The molecular formula is C4H7N3O. The van der Waals surface area contributed by atoms with E-state index in [0.717, 1.165) is 0 Å². The van der Waals surface area contributed by atoms with Crippen LogP contribution in [0.1, 0.15) is 6.92 Å². The predicted octanol–water partition coefficient (Wildman–Crippen LogP) is -0.671. The van der Waals surface area contributed by atoms with Crippen LogP contribution in [-0.4, -0.2) is 10.9 Å². The van der Waals surface area contributed by atoms with Gasteiger partial charge in [-0.15, -0.1) is 5.53 Å². The van der Waals surface area contributed by atoms with E-state index < -0.39 is 0 Å². The van der Waals surface area contributed by atoms with Gasteiger partial charge in [-0.3, -0.25) is 4.79 Å². The minimum absolute atomic E-state index is 0.0359. The molecule has 0 radical (unpaired) electrons. The number of nitrogens with zero attached hydrogens (tertiary/aromatic N) is 1. The second kappa shape index (κ2) is 1.83. The van der Waals surface area contributed by atoms with Crippen molar-refractivity contribution in [3.63, 3.8) is 0 Å². The number of hydrogen-bond acceptors (Lipinski definition) is 3. The zero-order valence-electron chi connectivity index (χ0n) is 4.51. The Hall–Kier alpha value is -1.03. The normalized spacial score (nSPS) is 16.4. The molecule has 0 aliphatic carbocycles. The monoisotopic (exact) mass is 113 g/mol. The van der Waals surface area contributed by atoms with Crippen LogP contribution in [0, 0.1) is 0 Å². The highest BCUT2D eigenvalue weighted by molar-refractivity contribution is 5.73. The molecule has 1 rings (SSSR count). The second-order valence-electron chi connectivity index (χ2n) is 1.46. The highest BCUT2D eigenvalue weighted by atomic mass is 16.2. The largest absolute Gasteiger partial charge is 0.309 e. The summed E-state index contributed by atoms with van der Waals surface area (Å²) in [5.74, 6) is -0.0359. The molecule has 4 heteroatoms. The third-order valence-electron chi connectivity index (χ3n) is 0.831. The molecule has 1 aliphatic rings. The van der Waals surface area contributed by atoms with Crippen molar-refractivity contribution in [2.24, 2.45) is 0 Å². The van der Waals surface area contributed by atoms with Crippen LogP contribution in [-0.2, 0) is 4.79 Å². The number of amides is 1. The van der Waals surface area contributed by atoms with Crippen molar-refractivity contribution in [1.29, 1.82) is 0 Å². The fraction of sp³-hybridized carbons (Fsp3) is 0.250. The van der Waals surface area contributed by atoms with Crippen LogP contribution in [0.4, 0.5) is 0 Å². The molecule has 0 fully saturated rings. The summed E-state index contributed by atoms with van der Waals surface area (Å²) in [7, 11) is 0. The third kappa shape index (κ3) is 0.788. The zero-order chi connectivity index (χ0) is 5.98. The van der Waals surface area contributed by atoms with Crippen LogP contribution in [0.5, 0.6) is 0 Å². The summed E-state index contributed by atoms with van der Waals surface area (Å²) in [5, 5.41) is 1.35. The Kier molecular flexibility index (Phi) is 1.17. The molecular weight excluding hydrogens is 106 g/mol. The first-order valence-electron chi connectivity index (χ1n) is 2.28. The Morgan fingerprint density at radius 1 is 1.75 bits per heavy atom. The van der Waals surface area contributed by atoms with Crippen molar-refractivity contribution in [3.05, 3.63) is 12.4 Å². The molecule has 1 amide bonds. The molecule has 0 bridgehead atoms. The number of nitrogens with one attached hydrogen (secondary N) is 2. The number of rotatable bonds is 0. The zero-order valence-corrected chi connectivity index (χ0v) is 4.51. The second-order valence-corrected chi connectivity index (χ2v) is 1.46. The lowest BCUT2D eigenvalue weighted by atomic mass is 10.7. The summed E-state index contributed by atoms with van der Waals surface area (Å²) in [4.78, 5) is 10.4. The van der Waals surface area contributed by atoms with Gasteiger partial charge < -0.3 is 5.43 Å². The number of hydrazine groups is 2. The topological polar surface area (TPSA) is 44.4 Å². The van der Waals surface area contributed by atoms with Crippen molar-refractivity contribution in [1.82, 2.24) is 16.0 Å². The molecule has 2 N–H and O–H groups in total. The van der Waals surface area contributed by atoms with Crippen LogP contribution in [0.3, 0.4) is 0 Å². The Morgan fingerprint density at radius 2 is 2.50 bits per heavy atom. The molecule has 0 saturated carbocycles.